The van der Waals surface area contributed by atoms with Gasteiger partial charge in [0.25, 0.3) is 11.6 Å². The zero-order chi connectivity index (χ0) is 18.4. The first kappa shape index (κ1) is 17.9. The van der Waals surface area contributed by atoms with Gasteiger partial charge >= 0.3 is 0 Å². The number of anilines is 2. The van der Waals surface area contributed by atoms with Crippen molar-refractivity contribution in [1.82, 2.24) is 0 Å². The van der Waals surface area contributed by atoms with Gasteiger partial charge in [0.15, 0.2) is 0 Å². The molecule has 0 aliphatic carbocycles. The Kier molecular flexibility index (Phi) is 5.66. The highest BCUT2D eigenvalue weighted by atomic mass is 35.5. The summed E-state index contributed by atoms with van der Waals surface area (Å²) in [5.41, 5.74) is -0.0542. The van der Waals surface area contributed by atoms with Crippen molar-refractivity contribution in [2.24, 2.45) is 0 Å². The Morgan fingerprint density at radius 1 is 1.24 bits per heavy atom. The average Bonchev–Trinajstić information content (AvgIpc) is 2.58. The van der Waals surface area contributed by atoms with E-state index >= 15 is 0 Å². The summed E-state index contributed by atoms with van der Waals surface area (Å²) in [5.74, 6) is -1.19. The van der Waals surface area contributed by atoms with E-state index in [0.717, 1.165) is 12.3 Å². The number of nitro benzene ring substituents is 1. The molecule has 0 aliphatic rings. The van der Waals surface area contributed by atoms with Crippen LogP contribution in [0.15, 0.2) is 54.2 Å². The topological polar surface area (TPSA) is 108 Å². The number of nitrogens with zero attached hydrogens (tertiary/aromatic N) is 2. The number of rotatable bonds is 5. The van der Waals surface area contributed by atoms with Crippen molar-refractivity contribution in [2.45, 2.75) is 0 Å². The van der Waals surface area contributed by atoms with Crippen molar-refractivity contribution in [2.75, 3.05) is 10.6 Å². The Labute approximate surface area is 146 Å². The molecule has 0 unspecified atom stereocenters. The maximum absolute atomic E-state index is 12.8. The third-order valence-corrected chi connectivity index (χ3v) is 3.31. The molecule has 0 atom stereocenters. The highest BCUT2D eigenvalue weighted by Crippen LogP contribution is 2.27. The van der Waals surface area contributed by atoms with Crippen LogP contribution >= 0.6 is 11.6 Å². The third kappa shape index (κ3) is 4.76. The monoisotopic (exact) mass is 360 g/mol. The first-order chi connectivity index (χ1) is 11.9. The van der Waals surface area contributed by atoms with Gasteiger partial charge in [0.1, 0.15) is 22.5 Å². The van der Waals surface area contributed by atoms with E-state index in [9.17, 15) is 19.3 Å². The maximum atomic E-state index is 12.8. The number of hydrogen-bond donors (Lipinski definition) is 2. The standard InChI is InChI=1S/C16H10ClFN4O3/c17-14-6-5-13(7-15(14)22(24)25)21-16(23)10(8-19)9-20-12-3-1-11(18)2-4-12/h1-7,9,20H,(H,21,23)/b10-9-. The lowest BCUT2D eigenvalue weighted by Crippen LogP contribution is -2.14. The van der Waals surface area contributed by atoms with Crippen LogP contribution in [0.5, 0.6) is 0 Å². The molecule has 0 saturated heterocycles. The summed E-state index contributed by atoms with van der Waals surface area (Å²) in [5, 5.41) is 24.9. The lowest BCUT2D eigenvalue weighted by molar-refractivity contribution is -0.384. The predicted molar refractivity (Wildman–Crippen MR) is 90.5 cm³/mol. The fourth-order valence-corrected chi connectivity index (χ4v) is 1.97. The van der Waals surface area contributed by atoms with Gasteiger partial charge in [0, 0.05) is 23.6 Å². The Morgan fingerprint density at radius 3 is 2.48 bits per heavy atom. The number of carbonyl (C=O) groups is 1. The Morgan fingerprint density at radius 2 is 1.88 bits per heavy atom. The SMILES string of the molecule is N#C/C(=C/Nc1ccc(F)cc1)C(=O)Nc1ccc(Cl)c([N+](=O)[O-])c1. The molecule has 2 rings (SSSR count). The van der Waals surface area contributed by atoms with Crippen LogP contribution in [0.1, 0.15) is 0 Å². The van der Waals surface area contributed by atoms with Crippen LogP contribution in [0, 0.1) is 27.3 Å². The number of benzene rings is 2. The summed E-state index contributed by atoms with van der Waals surface area (Å²) in [6.45, 7) is 0. The van der Waals surface area contributed by atoms with Crippen LogP contribution in [-0.2, 0) is 4.79 Å². The van der Waals surface area contributed by atoms with Crippen molar-refractivity contribution in [3.63, 3.8) is 0 Å². The van der Waals surface area contributed by atoms with Crippen molar-refractivity contribution >= 4 is 34.6 Å². The third-order valence-electron chi connectivity index (χ3n) is 2.99. The van der Waals surface area contributed by atoms with Crippen LogP contribution in [-0.4, -0.2) is 10.8 Å². The van der Waals surface area contributed by atoms with Gasteiger partial charge < -0.3 is 10.6 Å². The molecule has 0 heterocycles. The van der Waals surface area contributed by atoms with E-state index in [1.807, 2.05) is 0 Å². The van der Waals surface area contributed by atoms with Gasteiger partial charge in [-0.25, -0.2) is 4.39 Å². The summed E-state index contributed by atoms with van der Waals surface area (Å²) in [4.78, 5) is 22.2. The lowest BCUT2D eigenvalue weighted by atomic mass is 10.2. The molecule has 1 amide bonds. The van der Waals surface area contributed by atoms with E-state index in [2.05, 4.69) is 10.6 Å². The molecule has 0 aromatic heterocycles. The van der Waals surface area contributed by atoms with Gasteiger partial charge in [-0.1, -0.05) is 11.6 Å². The molecule has 9 heteroatoms. The van der Waals surface area contributed by atoms with E-state index in [1.54, 1.807) is 6.07 Å². The minimum atomic E-state index is -0.770. The van der Waals surface area contributed by atoms with Crippen LogP contribution in [0.25, 0.3) is 0 Å². The number of hydrogen-bond acceptors (Lipinski definition) is 5. The molecule has 7 nitrogen and oxygen atoms in total. The maximum Gasteiger partial charge on any atom is 0.289 e. The van der Waals surface area contributed by atoms with Crippen molar-refractivity contribution in [1.29, 1.82) is 5.26 Å². The van der Waals surface area contributed by atoms with Gasteiger partial charge in [-0.3, -0.25) is 14.9 Å². The predicted octanol–water partition coefficient (Wildman–Crippen LogP) is 3.85. The molecule has 0 aliphatic heterocycles. The normalized spacial score (nSPS) is 10.7. The summed E-state index contributed by atoms with van der Waals surface area (Å²) >= 11 is 5.69. The van der Waals surface area contributed by atoms with Crippen molar-refractivity contribution in [3.8, 4) is 6.07 Å². The zero-order valence-electron chi connectivity index (χ0n) is 12.5. The van der Waals surface area contributed by atoms with E-state index in [-0.39, 0.29) is 22.0 Å². The zero-order valence-corrected chi connectivity index (χ0v) is 13.2. The lowest BCUT2D eigenvalue weighted by Gasteiger charge is -2.06. The number of carbonyl (C=O) groups excluding carboxylic acids is 1. The van der Waals surface area contributed by atoms with Gasteiger partial charge in [-0.05, 0) is 36.4 Å². The number of nitro groups is 1. The summed E-state index contributed by atoms with van der Waals surface area (Å²) in [6.07, 6.45) is 1.15. The highest BCUT2D eigenvalue weighted by Gasteiger charge is 2.15. The van der Waals surface area contributed by atoms with Crippen LogP contribution < -0.4 is 10.6 Å². The molecule has 2 aromatic carbocycles. The minimum Gasteiger partial charge on any atom is -0.360 e. The molecule has 2 aromatic rings. The van der Waals surface area contributed by atoms with E-state index in [4.69, 9.17) is 16.9 Å². The second-order valence-corrected chi connectivity index (χ2v) is 5.11. The summed E-state index contributed by atoms with van der Waals surface area (Å²) in [6, 6.07) is 10.7. The summed E-state index contributed by atoms with van der Waals surface area (Å²) in [7, 11) is 0. The molecule has 0 spiro atoms. The van der Waals surface area contributed by atoms with E-state index in [1.165, 1.54) is 36.4 Å². The van der Waals surface area contributed by atoms with Gasteiger partial charge in [0.05, 0.1) is 4.92 Å². The second kappa shape index (κ2) is 7.90. The second-order valence-electron chi connectivity index (χ2n) is 4.70. The molecule has 0 radical (unpaired) electrons. The molecule has 0 saturated carbocycles. The van der Waals surface area contributed by atoms with E-state index < -0.39 is 16.6 Å². The van der Waals surface area contributed by atoms with Crippen LogP contribution in [0.3, 0.4) is 0 Å². The number of amides is 1. The number of nitrogens with one attached hydrogen (secondary N) is 2. The largest absolute Gasteiger partial charge is 0.360 e. The molecule has 126 valence electrons. The van der Waals surface area contributed by atoms with Gasteiger partial charge in [0.2, 0.25) is 0 Å². The fraction of sp³-hybridized carbons (Fsp3) is 0. The van der Waals surface area contributed by atoms with E-state index in [0.29, 0.717) is 5.69 Å². The number of halogens is 2. The molecular formula is C16H10ClFN4O3. The fourth-order valence-electron chi connectivity index (χ4n) is 1.78. The van der Waals surface area contributed by atoms with Gasteiger partial charge in [-0.2, -0.15) is 5.26 Å². The van der Waals surface area contributed by atoms with Crippen molar-refractivity contribution in [3.05, 3.63) is 75.2 Å². The van der Waals surface area contributed by atoms with Crippen molar-refractivity contribution < 1.29 is 14.1 Å². The Balaban J connectivity index is 2.13. The van der Waals surface area contributed by atoms with Gasteiger partial charge in [-0.15, -0.1) is 0 Å². The van der Waals surface area contributed by atoms with Crippen LogP contribution in [0.4, 0.5) is 21.5 Å². The minimum absolute atomic E-state index is 0.0722. The van der Waals surface area contributed by atoms with Crippen LogP contribution in [0.2, 0.25) is 5.02 Å². The first-order valence-corrected chi connectivity index (χ1v) is 7.16. The smallest absolute Gasteiger partial charge is 0.289 e. The molecular weight excluding hydrogens is 351 g/mol. The molecule has 0 bridgehead atoms. The summed E-state index contributed by atoms with van der Waals surface area (Å²) < 4.78 is 12.8. The number of nitriles is 1. The Bertz CT molecular complexity index is 891. The highest BCUT2D eigenvalue weighted by molar-refractivity contribution is 6.32. The quantitative estimate of drug-likeness (QED) is 0.364. The molecule has 0 fully saturated rings. The first-order valence-electron chi connectivity index (χ1n) is 6.78. The molecule has 25 heavy (non-hydrogen) atoms. The average molecular weight is 361 g/mol. The Hall–Kier alpha value is -3.44. The molecule has 2 N–H and O–H groups in total.